The van der Waals surface area contributed by atoms with Crippen molar-refractivity contribution in [3.63, 3.8) is 0 Å². The first-order chi connectivity index (χ1) is 8.18. The second kappa shape index (κ2) is 4.84. The van der Waals surface area contributed by atoms with Gasteiger partial charge < -0.3 is 19.5 Å². The zero-order valence-electron chi connectivity index (χ0n) is 9.33. The summed E-state index contributed by atoms with van der Waals surface area (Å²) in [6.45, 7) is 0.122. The first-order valence-electron chi connectivity index (χ1n) is 5.16. The van der Waals surface area contributed by atoms with Crippen molar-refractivity contribution in [3.05, 3.63) is 42.0 Å². The molecule has 6 nitrogen and oxygen atoms in total. The third-order valence-corrected chi connectivity index (χ3v) is 2.44. The molecule has 0 aliphatic rings. The maximum Gasteiger partial charge on any atom is 0.289 e. The van der Waals surface area contributed by atoms with Gasteiger partial charge in [0.15, 0.2) is 0 Å². The van der Waals surface area contributed by atoms with E-state index in [0.29, 0.717) is 0 Å². The van der Waals surface area contributed by atoms with Crippen LogP contribution in [0.25, 0.3) is 0 Å². The summed E-state index contributed by atoms with van der Waals surface area (Å²) in [7, 11) is 1.83. The van der Waals surface area contributed by atoms with Gasteiger partial charge in [-0.2, -0.15) is 0 Å². The van der Waals surface area contributed by atoms with E-state index >= 15 is 0 Å². The number of rotatable bonds is 4. The molecule has 0 aromatic carbocycles. The molecule has 0 spiro atoms. The lowest BCUT2D eigenvalue weighted by atomic mass is 10.2. The Morgan fingerprint density at radius 2 is 2.47 bits per heavy atom. The van der Waals surface area contributed by atoms with Crippen LogP contribution in [-0.4, -0.2) is 27.3 Å². The van der Waals surface area contributed by atoms with Crippen LogP contribution in [0.1, 0.15) is 22.4 Å². The third-order valence-electron chi connectivity index (χ3n) is 2.44. The van der Waals surface area contributed by atoms with E-state index in [9.17, 15) is 9.90 Å². The Labute approximate surface area is 97.8 Å². The monoisotopic (exact) mass is 235 g/mol. The summed E-state index contributed by atoms with van der Waals surface area (Å²) in [5.74, 6) is -0.264. The second-order valence-corrected chi connectivity index (χ2v) is 3.65. The molecule has 2 rings (SSSR count). The van der Waals surface area contributed by atoms with Crippen molar-refractivity contribution in [2.75, 3.05) is 6.54 Å². The van der Waals surface area contributed by atoms with E-state index in [4.69, 9.17) is 4.52 Å². The topological polar surface area (TPSA) is 80.3 Å². The number of carbonyl (C=O) groups excluding carboxylic acids is 1. The number of aliphatic hydroxyl groups excluding tert-OH is 1. The number of aliphatic hydroxyl groups is 1. The molecule has 90 valence electrons. The highest BCUT2D eigenvalue weighted by molar-refractivity contribution is 5.91. The van der Waals surface area contributed by atoms with E-state index in [2.05, 4.69) is 10.5 Å². The smallest absolute Gasteiger partial charge is 0.289 e. The molecule has 17 heavy (non-hydrogen) atoms. The summed E-state index contributed by atoms with van der Waals surface area (Å²) in [6, 6.07) is 5.09. The van der Waals surface area contributed by atoms with E-state index in [-0.39, 0.29) is 12.3 Å². The van der Waals surface area contributed by atoms with Gasteiger partial charge in [-0.05, 0) is 12.1 Å². The quantitative estimate of drug-likeness (QED) is 0.807. The van der Waals surface area contributed by atoms with Gasteiger partial charge in [-0.3, -0.25) is 4.79 Å². The fourth-order valence-electron chi connectivity index (χ4n) is 1.53. The molecular formula is C11H13N3O3. The van der Waals surface area contributed by atoms with Crippen LogP contribution in [0.2, 0.25) is 0 Å². The molecule has 6 heteroatoms. The van der Waals surface area contributed by atoms with Crippen LogP contribution < -0.4 is 5.32 Å². The average molecular weight is 235 g/mol. The SMILES string of the molecule is Cn1cccc1C(O)CNC(=O)c1ccno1. The second-order valence-electron chi connectivity index (χ2n) is 3.65. The fourth-order valence-corrected chi connectivity index (χ4v) is 1.53. The lowest BCUT2D eigenvalue weighted by molar-refractivity contribution is 0.0876. The van der Waals surface area contributed by atoms with Crippen LogP contribution in [-0.2, 0) is 7.05 Å². The predicted molar refractivity (Wildman–Crippen MR) is 59.2 cm³/mol. The van der Waals surface area contributed by atoms with Gasteiger partial charge in [-0.15, -0.1) is 0 Å². The largest absolute Gasteiger partial charge is 0.385 e. The molecule has 0 radical (unpaired) electrons. The molecule has 0 fully saturated rings. The van der Waals surface area contributed by atoms with Crippen molar-refractivity contribution in [2.45, 2.75) is 6.10 Å². The lowest BCUT2D eigenvalue weighted by Crippen LogP contribution is -2.28. The first-order valence-corrected chi connectivity index (χ1v) is 5.16. The third kappa shape index (κ3) is 2.54. The van der Waals surface area contributed by atoms with Crippen molar-refractivity contribution >= 4 is 5.91 Å². The predicted octanol–water partition coefficient (Wildman–Crippen LogP) is 0.477. The number of hydrogen-bond donors (Lipinski definition) is 2. The van der Waals surface area contributed by atoms with Crippen molar-refractivity contribution < 1.29 is 14.4 Å². The van der Waals surface area contributed by atoms with Crippen LogP contribution in [0, 0.1) is 0 Å². The molecule has 1 atom stereocenters. The van der Waals surface area contributed by atoms with Gasteiger partial charge in [-0.1, -0.05) is 5.16 Å². The Balaban J connectivity index is 1.91. The molecular weight excluding hydrogens is 222 g/mol. The molecule has 2 N–H and O–H groups in total. The molecule has 2 aromatic rings. The van der Waals surface area contributed by atoms with Gasteiger partial charge in [0.05, 0.1) is 6.20 Å². The van der Waals surface area contributed by atoms with Crippen molar-refractivity contribution in [1.82, 2.24) is 15.0 Å². The van der Waals surface area contributed by atoms with E-state index in [0.717, 1.165) is 5.69 Å². The maximum absolute atomic E-state index is 11.5. The van der Waals surface area contributed by atoms with Crippen LogP contribution in [0.15, 0.2) is 35.1 Å². The number of carbonyl (C=O) groups is 1. The van der Waals surface area contributed by atoms with Gasteiger partial charge in [0.1, 0.15) is 6.10 Å². The van der Waals surface area contributed by atoms with Gasteiger partial charge in [0, 0.05) is 31.5 Å². The normalized spacial score (nSPS) is 12.4. The summed E-state index contributed by atoms with van der Waals surface area (Å²) in [6.07, 6.45) is 2.47. The number of nitrogens with one attached hydrogen (secondary N) is 1. The minimum atomic E-state index is -0.748. The molecule has 0 saturated heterocycles. The highest BCUT2D eigenvalue weighted by atomic mass is 16.5. The number of aryl methyl sites for hydroxylation is 1. The van der Waals surface area contributed by atoms with Gasteiger partial charge in [0.25, 0.3) is 5.91 Å². The Morgan fingerprint density at radius 3 is 3.06 bits per heavy atom. The van der Waals surface area contributed by atoms with Gasteiger partial charge in [0.2, 0.25) is 5.76 Å². The van der Waals surface area contributed by atoms with Crippen LogP contribution in [0.3, 0.4) is 0 Å². The zero-order chi connectivity index (χ0) is 12.3. The van der Waals surface area contributed by atoms with E-state index in [1.54, 1.807) is 10.6 Å². The Bertz CT molecular complexity index is 490. The number of hydrogen-bond acceptors (Lipinski definition) is 4. The Hall–Kier alpha value is -2.08. The number of aromatic nitrogens is 2. The molecule has 1 unspecified atom stereocenters. The highest BCUT2D eigenvalue weighted by Crippen LogP contribution is 2.11. The molecule has 0 aliphatic heterocycles. The number of amides is 1. The summed E-state index contributed by atoms with van der Waals surface area (Å²) in [5, 5.41) is 15.9. The van der Waals surface area contributed by atoms with Crippen molar-refractivity contribution in [2.24, 2.45) is 7.05 Å². The Morgan fingerprint density at radius 1 is 1.65 bits per heavy atom. The van der Waals surface area contributed by atoms with E-state index in [1.165, 1.54) is 12.3 Å². The van der Waals surface area contributed by atoms with Crippen molar-refractivity contribution in [1.29, 1.82) is 0 Å². The summed E-state index contributed by atoms with van der Waals surface area (Å²) in [4.78, 5) is 11.5. The summed E-state index contributed by atoms with van der Waals surface area (Å²) < 4.78 is 6.49. The Kier molecular flexibility index (Phi) is 3.24. The average Bonchev–Trinajstić information content (AvgIpc) is 2.95. The maximum atomic E-state index is 11.5. The fraction of sp³-hybridized carbons (Fsp3) is 0.273. The minimum Gasteiger partial charge on any atom is -0.385 e. The molecule has 1 amide bonds. The summed E-state index contributed by atoms with van der Waals surface area (Å²) in [5.41, 5.74) is 0.739. The molecule has 0 saturated carbocycles. The summed E-state index contributed by atoms with van der Waals surface area (Å²) >= 11 is 0. The van der Waals surface area contributed by atoms with E-state index in [1.807, 2.05) is 19.3 Å². The van der Waals surface area contributed by atoms with Gasteiger partial charge in [-0.25, -0.2) is 0 Å². The number of nitrogens with zero attached hydrogens (tertiary/aromatic N) is 2. The van der Waals surface area contributed by atoms with Crippen molar-refractivity contribution in [3.8, 4) is 0 Å². The van der Waals surface area contributed by atoms with Gasteiger partial charge >= 0.3 is 0 Å². The van der Waals surface area contributed by atoms with E-state index < -0.39 is 12.0 Å². The van der Waals surface area contributed by atoms with Crippen LogP contribution in [0.4, 0.5) is 0 Å². The zero-order valence-corrected chi connectivity index (χ0v) is 9.33. The standard InChI is InChI=1S/C11H13N3O3/c1-14-6-2-3-8(14)9(15)7-12-11(16)10-4-5-13-17-10/h2-6,9,15H,7H2,1H3,(H,12,16). The van der Waals surface area contributed by atoms with Crippen LogP contribution in [0.5, 0.6) is 0 Å². The molecule has 0 aliphatic carbocycles. The molecule has 0 bridgehead atoms. The minimum absolute atomic E-state index is 0.122. The lowest BCUT2D eigenvalue weighted by Gasteiger charge is -2.12. The molecule has 2 aromatic heterocycles. The highest BCUT2D eigenvalue weighted by Gasteiger charge is 2.14. The van der Waals surface area contributed by atoms with Crippen LogP contribution >= 0.6 is 0 Å². The first kappa shape index (κ1) is 11.4. The molecule has 2 heterocycles.